The number of nitrogens with zero attached hydrogens (tertiary/aromatic N) is 1. The van der Waals surface area contributed by atoms with Gasteiger partial charge in [-0.15, -0.1) is 6.58 Å². The number of urea groups is 1. The van der Waals surface area contributed by atoms with E-state index in [1.165, 1.54) is 0 Å². The van der Waals surface area contributed by atoms with E-state index in [9.17, 15) is 9.59 Å². The largest absolute Gasteiger partial charge is 0.481 e. The number of rotatable bonds is 8. The molecule has 21 heavy (non-hydrogen) atoms. The summed E-state index contributed by atoms with van der Waals surface area (Å²) in [6.45, 7) is 6.66. The van der Waals surface area contributed by atoms with Crippen LogP contribution in [0.3, 0.4) is 0 Å². The average molecular weight is 290 g/mol. The molecule has 2 N–H and O–H groups in total. The van der Waals surface area contributed by atoms with Gasteiger partial charge in [-0.3, -0.25) is 4.79 Å². The van der Waals surface area contributed by atoms with Crippen molar-refractivity contribution in [3.8, 4) is 0 Å². The third-order valence-electron chi connectivity index (χ3n) is 3.01. The van der Waals surface area contributed by atoms with Gasteiger partial charge >= 0.3 is 12.0 Å². The highest BCUT2D eigenvalue weighted by Crippen LogP contribution is 2.17. The van der Waals surface area contributed by atoms with Crippen molar-refractivity contribution in [2.75, 3.05) is 13.1 Å². The van der Waals surface area contributed by atoms with E-state index in [2.05, 4.69) is 11.9 Å². The predicted octanol–water partition coefficient (Wildman–Crippen LogP) is 2.81. The van der Waals surface area contributed by atoms with Crippen LogP contribution >= 0.6 is 0 Å². The summed E-state index contributed by atoms with van der Waals surface area (Å²) in [5, 5.41) is 11.8. The highest BCUT2D eigenvalue weighted by molar-refractivity contribution is 5.76. The molecule has 114 valence electrons. The second-order valence-electron chi connectivity index (χ2n) is 4.75. The number of hydrogen-bond acceptors (Lipinski definition) is 2. The van der Waals surface area contributed by atoms with E-state index < -0.39 is 12.0 Å². The molecule has 0 aliphatic carbocycles. The predicted molar refractivity (Wildman–Crippen MR) is 82.0 cm³/mol. The third-order valence-corrected chi connectivity index (χ3v) is 3.01. The molecule has 2 amide bonds. The van der Waals surface area contributed by atoms with Gasteiger partial charge in [-0.1, -0.05) is 43.3 Å². The Morgan fingerprint density at radius 2 is 2.05 bits per heavy atom. The van der Waals surface area contributed by atoms with Crippen molar-refractivity contribution in [1.82, 2.24) is 10.2 Å². The van der Waals surface area contributed by atoms with Gasteiger partial charge in [0.05, 0.1) is 12.5 Å². The summed E-state index contributed by atoms with van der Waals surface area (Å²) in [5.74, 6) is -0.949. The Morgan fingerprint density at radius 1 is 1.38 bits per heavy atom. The monoisotopic (exact) mass is 290 g/mol. The van der Waals surface area contributed by atoms with Crippen LogP contribution < -0.4 is 5.32 Å². The third kappa shape index (κ3) is 5.69. The van der Waals surface area contributed by atoms with Crippen LogP contribution in [-0.2, 0) is 4.79 Å². The Morgan fingerprint density at radius 3 is 2.57 bits per heavy atom. The Bertz CT molecular complexity index is 474. The fraction of sp³-hybridized carbons (Fsp3) is 0.375. The Balaban J connectivity index is 2.82. The van der Waals surface area contributed by atoms with E-state index >= 15 is 0 Å². The number of benzene rings is 1. The number of hydrogen-bond donors (Lipinski definition) is 2. The molecule has 1 aromatic carbocycles. The number of carboxylic acids is 1. The lowest BCUT2D eigenvalue weighted by Gasteiger charge is -2.25. The van der Waals surface area contributed by atoms with Gasteiger partial charge in [0.15, 0.2) is 0 Å². The first kappa shape index (κ1) is 16.8. The van der Waals surface area contributed by atoms with Crippen LogP contribution in [0.2, 0.25) is 0 Å². The van der Waals surface area contributed by atoms with Gasteiger partial charge in [0.1, 0.15) is 0 Å². The second-order valence-corrected chi connectivity index (χ2v) is 4.75. The molecule has 1 unspecified atom stereocenters. The summed E-state index contributed by atoms with van der Waals surface area (Å²) in [6, 6.07) is 8.31. The highest BCUT2D eigenvalue weighted by Gasteiger charge is 2.20. The van der Waals surface area contributed by atoms with E-state index in [-0.39, 0.29) is 12.5 Å². The zero-order valence-corrected chi connectivity index (χ0v) is 12.3. The van der Waals surface area contributed by atoms with Crippen molar-refractivity contribution in [2.45, 2.75) is 25.8 Å². The molecule has 0 bridgehead atoms. The van der Waals surface area contributed by atoms with Gasteiger partial charge in [0, 0.05) is 13.1 Å². The van der Waals surface area contributed by atoms with Crippen molar-refractivity contribution in [3.05, 3.63) is 48.6 Å². The first-order valence-corrected chi connectivity index (χ1v) is 7.01. The van der Waals surface area contributed by atoms with Crippen LogP contribution in [0, 0.1) is 0 Å². The van der Waals surface area contributed by atoms with Crippen LogP contribution in [-0.4, -0.2) is 35.1 Å². The van der Waals surface area contributed by atoms with E-state index in [4.69, 9.17) is 5.11 Å². The number of carboxylic acid groups (broad SMARTS) is 1. The second kappa shape index (κ2) is 8.79. The molecule has 0 fully saturated rings. The van der Waals surface area contributed by atoms with E-state index in [0.717, 1.165) is 12.0 Å². The molecule has 0 radical (unpaired) electrons. The minimum atomic E-state index is -0.949. The molecule has 0 aromatic heterocycles. The zero-order chi connectivity index (χ0) is 15.7. The summed E-state index contributed by atoms with van der Waals surface area (Å²) in [5.41, 5.74) is 0.781. The fourth-order valence-electron chi connectivity index (χ4n) is 2.05. The summed E-state index contributed by atoms with van der Waals surface area (Å²) >= 11 is 0. The molecule has 0 spiro atoms. The summed E-state index contributed by atoms with van der Waals surface area (Å²) in [7, 11) is 0. The molecule has 0 aliphatic heterocycles. The molecule has 1 atom stereocenters. The van der Waals surface area contributed by atoms with Crippen molar-refractivity contribution >= 4 is 12.0 Å². The molecule has 0 saturated carbocycles. The van der Waals surface area contributed by atoms with E-state index in [1.807, 2.05) is 37.3 Å². The number of carbonyl (C=O) groups excluding carboxylic acids is 1. The van der Waals surface area contributed by atoms with Crippen molar-refractivity contribution in [3.63, 3.8) is 0 Å². The fourth-order valence-corrected chi connectivity index (χ4v) is 2.05. The van der Waals surface area contributed by atoms with Crippen LogP contribution in [0.15, 0.2) is 43.0 Å². The smallest absolute Gasteiger partial charge is 0.318 e. The Labute approximate surface area is 125 Å². The van der Waals surface area contributed by atoms with Gasteiger partial charge in [0.25, 0.3) is 0 Å². The minimum absolute atomic E-state index is 0.149. The lowest BCUT2D eigenvalue weighted by molar-refractivity contribution is -0.137. The molecule has 1 rings (SSSR count). The first-order valence-electron chi connectivity index (χ1n) is 7.01. The van der Waals surface area contributed by atoms with Crippen molar-refractivity contribution < 1.29 is 14.7 Å². The molecule has 0 heterocycles. The van der Waals surface area contributed by atoms with Crippen LogP contribution in [0.5, 0.6) is 0 Å². The molecule has 1 aromatic rings. The minimum Gasteiger partial charge on any atom is -0.481 e. The number of aliphatic carboxylic acids is 1. The highest BCUT2D eigenvalue weighted by atomic mass is 16.4. The lowest BCUT2D eigenvalue weighted by Crippen LogP contribution is -2.42. The Hall–Kier alpha value is -2.30. The van der Waals surface area contributed by atoms with Gasteiger partial charge < -0.3 is 15.3 Å². The van der Waals surface area contributed by atoms with Crippen LogP contribution in [0.1, 0.15) is 31.4 Å². The van der Waals surface area contributed by atoms with E-state index in [0.29, 0.717) is 13.1 Å². The molecular weight excluding hydrogens is 268 g/mol. The maximum atomic E-state index is 12.3. The number of carbonyl (C=O) groups is 2. The first-order chi connectivity index (χ1) is 10.1. The SMILES string of the molecule is C=CCN(CCC)C(=O)NC(CC(=O)O)c1ccccc1. The van der Waals surface area contributed by atoms with Crippen LogP contribution in [0.4, 0.5) is 4.79 Å². The summed E-state index contributed by atoms with van der Waals surface area (Å²) in [6.07, 6.45) is 2.34. The van der Waals surface area contributed by atoms with E-state index in [1.54, 1.807) is 11.0 Å². The Kier molecular flexibility index (Phi) is 7.01. The standard InChI is InChI=1S/C16H22N2O3/c1-3-10-18(11-4-2)16(21)17-14(12-15(19)20)13-8-6-5-7-9-13/h3,5-9,14H,1,4,10-12H2,2H3,(H,17,21)(H,19,20). The van der Waals surface area contributed by atoms with Crippen LogP contribution in [0.25, 0.3) is 0 Å². The van der Waals surface area contributed by atoms with Gasteiger partial charge in [-0.25, -0.2) is 4.79 Å². The lowest BCUT2D eigenvalue weighted by atomic mass is 10.0. The zero-order valence-electron chi connectivity index (χ0n) is 12.3. The van der Waals surface area contributed by atoms with Gasteiger partial charge in [-0.2, -0.15) is 0 Å². The molecule has 0 aliphatic rings. The average Bonchev–Trinajstić information content (AvgIpc) is 2.46. The summed E-state index contributed by atoms with van der Waals surface area (Å²) in [4.78, 5) is 24.9. The number of amides is 2. The summed E-state index contributed by atoms with van der Waals surface area (Å²) < 4.78 is 0. The number of nitrogens with one attached hydrogen (secondary N) is 1. The molecule has 5 heteroatoms. The topological polar surface area (TPSA) is 69.6 Å². The van der Waals surface area contributed by atoms with Crippen molar-refractivity contribution in [2.24, 2.45) is 0 Å². The maximum Gasteiger partial charge on any atom is 0.318 e. The molecule has 0 saturated heterocycles. The van der Waals surface area contributed by atoms with Crippen molar-refractivity contribution in [1.29, 1.82) is 0 Å². The van der Waals surface area contributed by atoms with Gasteiger partial charge in [-0.05, 0) is 12.0 Å². The molecular formula is C16H22N2O3. The van der Waals surface area contributed by atoms with Gasteiger partial charge in [0.2, 0.25) is 0 Å². The normalized spacial score (nSPS) is 11.5. The quantitative estimate of drug-likeness (QED) is 0.723. The maximum absolute atomic E-state index is 12.3. The molecule has 5 nitrogen and oxygen atoms in total.